The van der Waals surface area contributed by atoms with Crippen LogP contribution in [0.4, 0.5) is 5.69 Å². The molecule has 0 atom stereocenters. The number of halogens is 1. The molecule has 3 aromatic carbocycles. The molecule has 0 aliphatic carbocycles. The van der Waals surface area contributed by atoms with Crippen molar-refractivity contribution in [3.05, 3.63) is 80.9 Å². The minimum atomic E-state index is -0.364. The normalized spacial score (nSPS) is 10.6. The van der Waals surface area contributed by atoms with E-state index in [4.69, 9.17) is 14.2 Å². The third kappa shape index (κ3) is 6.70. The van der Waals surface area contributed by atoms with E-state index in [0.717, 1.165) is 14.8 Å². The summed E-state index contributed by atoms with van der Waals surface area (Å²) in [7, 11) is 3.05. The molecule has 176 valence electrons. The minimum Gasteiger partial charge on any atom is -0.497 e. The molecule has 0 saturated carbocycles. The van der Waals surface area contributed by atoms with Gasteiger partial charge in [-0.05, 0) is 77.0 Å². The number of hydrogen-bond acceptors (Lipinski definition) is 6. The molecule has 0 aromatic heterocycles. The monoisotopic (exact) mass is 573 g/mol. The first-order valence-corrected chi connectivity index (χ1v) is 11.3. The number of nitrogens with zero attached hydrogens (tertiary/aromatic N) is 1. The summed E-state index contributed by atoms with van der Waals surface area (Å²) in [6.07, 6.45) is 1.50. The molecule has 0 saturated heterocycles. The van der Waals surface area contributed by atoms with Crippen LogP contribution in [0.25, 0.3) is 0 Å². The van der Waals surface area contributed by atoms with Crippen molar-refractivity contribution < 1.29 is 23.8 Å². The van der Waals surface area contributed by atoms with Gasteiger partial charge in [0.1, 0.15) is 5.75 Å². The molecule has 3 rings (SSSR count). The maximum Gasteiger partial charge on any atom is 0.271 e. The number of nitrogens with one attached hydrogen (secondary N) is 2. The van der Waals surface area contributed by atoms with Crippen LogP contribution in [0, 0.1) is 10.5 Å². The zero-order valence-corrected chi connectivity index (χ0v) is 21.1. The van der Waals surface area contributed by atoms with Crippen molar-refractivity contribution in [2.75, 3.05) is 26.1 Å². The Bertz CT molecular complexity index is 1210. The molecule has 3 aromatic rings. The van der Waals surface area contributed by atoms with Crippen LogP contribution in [0.2, 0.25) is 0 Å². The standard InChI is InChI=1S/C25H24IN3O5/c1-16-7-4-5-10-21(16)28-23(30)15-34-24-20(26)11-17(12-22(24)33-3)14-27-29-25(31)18-8-6-9-19(13-18)32-2/h4-14H,15H2,1-3H3,(H,28,30)(H,29,31)/b27-14+. The lowest BCUT2D eigenvalue weighted by Gasteiger charge is -2.14. The molecule has 0 aliphatic rings. The van der Waals surface area contributed by atoms with Crippen molar-refractivity contribution in [2.24, 2.45) is 5.10 Å². The van der Waals surface area contributed by atoms with Crippen LogP contribution in [-0.2, 0) is 4.79 Å². The lowest BCUT2D eigenvalue weighted by molar-refractivity contribution is -0.118. The number of carbonyl (C=O) groups excluding carboxylic acids is 2. The van der Waals surface area contributed by atoms with Gasteiger partial charge in [0.05, 0.1) is 24.0 Å². The summed E-state index contributed by atoms with van der Waals surface area (Å²) in [6.45, 7) is 1.74. The van der Waals surface area contributed by atoms with E-state index in [-0.39, 0.29) is 18.4 Å². The number of anilines is 1. The van der Waals surface area contributed by atoms with Gasteiger partial charge in [0, 0.05) is 11.3 Å². The van der Waals surface area contributed by atoms with Gasteiger partial charge in [0.2, 0.25) is 0 Å². The lowest BCUT2D eigenvalue weighted by atomic mass is 10.2. The van der Waals surface area contributed by atoms with Gasteiger partial charge in [-0.25, -0.2) is 5.43 Å². The average molecular weight is 573 g/mol. The third-order valence-electron chi connectivity index (χ3n) is 4.73. The van der Waals surface area contributed by atoms with Crippen molar-refractivity contribution in [2.45, 2.75) is 6.92 Å². The highest BCUT2D eigenvalue weighted by molar-refractivity contribution is 14.1. The number of carbonyl (C=O) groups is 2. The molecular weight excluding hydrogens is 549 g/mol. The summed E-state index contributed by atoms with van der Waals surface area (Å²) in [6, 6.07) is 17.8. The van der Waals surface area contributed by atoms with Gasteiger partial charge < -0.3 is 19.5 Å². The largest absolute Gasteiger partial charge is 0.497 e. The molecule has 0 aliphatic heterocycles. The summed E-state index contributed by atoms with van der Waals surface area (Å²) in [5.41, 5.74) is 5.30. The van der Waals surface area contributed by atoms with Gasteiger partial charge in [-0.2, -0.15) is 5.10 Å². The van der Waals surface area contributed by atoms with Crippen molar-refractivity contribution in [1.82, 2.24) is 5.43 Å². The van der Waals surface area contributed by atoms with Crippen LogP contribution < -0.4 is 25.0 Å². The summed E-state index contributed by atoms with van der Waals surface area (Å²) in [5, 5.41) is 6.85. The van der Waals surface area contributed by atoms with E-state index in [2.05, 4.69) is 38.4 Å². The number of rotatable bonds is 9. The number of amides is 2. The number of benzene rings is 3. The van der Waals surface area contributed by atoms with Gasteiger partial charge in [0.25, 0.3) is 11.8 Å². The van der Waals surface area contributed by atoms with Crippen molar-refractivity contribution >= 4 is 46.3 Å². The second kappa shape index (κ2) is 12.0. The van der Waals surface area contributed by atoms with Crippen LogP contribution in [0.5, 0.6) is 17.2 Å². The fraction of sp³-hybridized carbons (Fsp3) is 0.160. The highest BCUT2D eigenvalue weighted by Crippen LogP contribution is 2.33. The minimum absolute atomic E-state index is 0.176. The van der Waals surface area contributed by atoms with E-state index in [1.54, 1.807) is 36.4 Å². The number of ether oxygens (including phenoxy) is 3. The SMILES string of the molecule is COc1cccc(C(=O)N/N=C/c2cc(I)c(OCC(=O)Nc3ccccc3C)c(OC)c2)c1. The van der Waals surface area contributed by atoms with Crippen LogP contribution in [0.15, 0.2) is 65.8 Å². The van der Waals surface area contributed by atoms with Crippen LogP contribution in [0.1, 0.15) is 21.5 Å². The first-order chi connectivity index (χ1) is 16.4. The number of para-hydroxylation sites is 1. The van der Waals surface area contributed by atoms with Crippen LogP contribution in [0.3, 0.4) is 0 Å². The predicted octanol–water partition coefficient (Wildman–Crippen LogP) is 4.40. The number of hydrogen-bond donors (Lipinski definition) is 2. The fourth-order valence-corrected chi connectivity index (χ4v) is 3.77. The molecule has 9 heteroatoms. The Kier molecular flexibility index (Phi) is 8.86. The topological polar surface area (TPSA) is 98.3 Å². The Morgan fingerprint density at radius 2 is 1.82 bits per heavy atom. The summed E-state index contributed by atoms with van der Waals surface area (Å²) in [5.74, 6) is 0.824. The first-order valence-electron chi connectivity index (χ1n) is 10.2. The Morgan fingerprint density at radius 3 is 2.56 bits per heavy atom. The van der Waals surface area contributed by atoms with Gasteiger partial charge in [0.15, 0.2) is 18.1 Å². The highest BCUT2D eigenvalue weighted by Gasteiger charge is 2.14. The van der Waals surface area contributed by atoms with E-state index in [0.29, 0.717) is 28.4 Å². The summed E-state index contributed by atoms with van der Waals surface area (Å²) >= 11 is 2.09. The molecule has 0 bridgehead atoms. The Morgan fingerprint density at radius 1 is 1.03 bits per heavy atom. The van der Waals surface area contributed by atoms with Crippen molar-refractivity contribution in [3.8, 4) is 17.2 Å². The molecule has 0 unspecified atom stereocenters. The second-order valence-corrected chi connectivity index (χ2v) is 8.28. The molecule has 34 heavy (non-hydrogen) atoms. The van der Waals surface area contributed by atoms with Crippen LogP contribution in [-0.4, -0.2) is 38.9 Å². The summed E-state index contributed by atoms with van der Waals surface area (Å²) in [4.78, 5) is 24.6. The maximum atomic E-state index is 12.3. The van der Waals surface area contributed by atoms with Gasteiger partial charge in [-0.3, -0.25) is 9.59 Å². The van der Waals surface area contributed by atoms with Gasteiger partial charge >= 0.3 is 0 Å². The van der Waals surface area contributed by atoms with E-state index in [9.17, 15) is 9.59 Å². The number of methoxy groups -OCH3 is 2. The molecule has 0 spiro atoms. The number of aryl methyl sites for hydroxylation is 1. The Balaban J connectivity index is 1.64. The smallest absolute Gasteiger partial charge is 0.271 e. The predicted molar refractivity (Wildman–Crippen MR) is 139 cm³/mol. The zero-order valence-electron chi connectivity index (χ0n) is 18.9. The Hall–Kier alpha value is -3.60. The molecule has 0 fully saturated rings. The lowest BCUT2D eigenvalue weighted by Crippen LogP contribution is -2.21. The average Bonchev–Trinajstić information content (AvgIpc) is 2.84. The summed E-state index contributed by atoms with van der Waals surface area (Å²) < 4.78 is 17.0. The van der Waals surface area contributed by atoms with Crippen molar-refractivity contribution in [1.29, 1.82) is 0 Å². The molecule has 0 heterocycles. The van der Waals surface area contributed by atoms with Crippen molar-refractivity contribution in [3.63, 3.8) is 0 Å². The molecule has 0 radical (unpaired) electrons. The first kappa shape index (κ1) is 25.0. The molecular formula is C25H24IN3O5. The van der Waals surface area contributed by atoms with E-state index in [1.807, 2.05) is 31.2 Å². The van der Waals surface area contributed by atoms with E-state index >= 15 is 0 Å². The van der Waals surface area contributed by atoms with Gasteiger partial charge in [-0.15, -0.1) is 0 Å². The van der Waals surface area contributed by atoms with Gasteiger partial charge in [-0.1, -0.05) is 24.3 Å². The van der Waals surface area contributed by atoms with E-state index < -0.39 is 0 Å². The maximum absolute atomic E-state index is 12.3. The second-order valence-electron chi connectivity index (χ2n) is 7.12. The fourth-order valence-electron chi connectivity index (χ4n) is 2.99. The third-order valence-corrected chi connectivity index (χ3v) is 5.53. The number of hydrazone groups is 1. The molecule has 2 N–H and O–H groups in total. The zero-order chi connectivity index (χ0) is 24.5. The molecule has 2 amide bonds. The van der Waals surface area contributed by atoms with Crippen LogP contribution >= 0.6 is 22.6 Å². The molecule has 8 nitrogen and oxygen atoms in total. The Labute approximate surface area is 211 Å². The highest BCUT2D eigenvalue weighted by atomic mass is 127. The van der Waals surface area contributed by atoms with E-state index in [1.165, 1.54) is 20.4 Å². The quantitative estimate of drug-likeness (QED) is 0.225.